The van der Waals surface area contributed by atoms with Crippen LogP contribution in [0.4, 0.5) is 5.69 Å². The van der Waals surface area contributed by atoms with Crippen molar-refractivity contribution in [3.05, 3.63) is 28.2 Å². The lowest BCUT2D eigenvalue weighted by Gasteiger charge is -2.20. The molecule has 23 heavy (non-hydrogen) atoms. The largest absolute Gasteiger partial charge is 0.481 e. The third-order valence-corrected chi connectivity index (χ3v) is 4.31. The van der Waals surface area contributed by atoms with Crippen LogP contribution in [0.2, 0.25) is 10.0 Å². The highest BCUT2D eigenvalue weighted by atomic mass is 35.5. The fraction of sp³-hybridized carbons (Fsp3) is 0.400. The molecule has 0 heterocycles. The van der Waals surface area contributed by atoms with E-state index in [9.17, 15) is 14.4 Å². The van der Waals surface area contributed by atoms with E-state index in [1.807, 2.05) is 0 Å². The van der Waals surface area contributed by atoms with Gasteiger partial charge in [-0.05, 0) is 25.5 Å². The maximum atomic E-state index is 12.2. The Balaban J connectivity index is 1.98. The standard InChI is InChI=1S/C15H16Cl2N2O4/c1-2-19(14(21)8-6-9(8)15(22)23)7-12(20)18-13-10(16)4-3-5-11(13)17/h3-5,8-9H,2,6-7H2,1H3,(H,18,20)(H,22,23). The number of hydrogen-bond donors (Lipinski definition) is 2. The molecule has 2 N–H and O–H groups in total. The Bertz CT molecular complexity index is 630. The average molecular weight is 359 g/mol. The number of carbonyl (C=O) groups excluding carboxylic acids is 2. The number of halogens is 2. The van der Waals surface area contributed by atoms with E-state index in [0.717, 1.165) is 0 Å². The molecule has 0 spiro atoms. The minimum atomic E-state index is -0.980. The summed E-state index contributed by atoms with van der Waals surface area (Å²) >= 11 is 12.0. The van der Waals surface area contributed by atoms with Crippen molar-refractivity contribution in [2.75, 3.05) is 18.4 Å². The quantitative estimate of drug-likeness (QED) is 0.817. The van der Waals surface area contributed by atoms with E-state index in [1.165, 1.54) is 4.90 Å². The summed E-state index contributed by atoms with van der Waals surface area (Å²) in [6, 6.07) is 4.84. The molecule has 2 amide bonds. The molecule has 2 rings (SSSR count). The number of nitrogens with one attached hydrogen (secondary N) is 1. The number of carboxylic acid groups (broad SMARTS) is 1. The minimum Gasteiger partial charge on any atom is -0.481 e. The molecule has 8 heteroatoms. The van der Waals surface area contributed by atoms with Crippen LogP contribution >= 0.6 is 23.2 Å². The van der Waals surface area contributed by atoms with Crippen LogP contribution in [0.5, 0.6) is 0 Å². The zero-order valence-corrected chi connectivity index (χ0v) is 13.9. The van der Waals surface area contributed by atoms with Gasteiger partial charge < -0.3 is 15.3 Å². The zero-order chi connectivity index (χ0) is 17.1. The summed E-state index contributed by atoms with van der Waals surface area (Å²) < 4.78 is 0. The van der Waals surface area contributed by atoms with E-state index < -0.39 is 23.7 Å². The lowest BCUT2D eigenvalue weighted by molar-refractivity contribution is -0.142. The number of para-hydroxylation sites is 1. The number of rotatable bonds is 6. The summed E-state index contributed by atoms with van der Waals surface area (Å²) in [5, 5.41) is 12.1. The summed E-state index contributed by atoms with van der Waals surface area (Å²) in [5.41, 5.74) is 0.291. The van der Waals surface area contributed by atoms with Crippen LogP contribution in [0.15, 0.2) is 18.2 Å². The second-order valence-electron chi connectivity index (χ2n) is 5.28. The molecule has 0 aliphatic heterocycles. The Morgan fingerprint density at radius 2 is 1.87 bits per heavy atom. The smallest absolute Gasteiger partial charge is 0.307 e. The predicted octanol–water partition coefficient (Wildman–Crippen LogP) is 2.50. The van der Waals surface area contributed by atoms with Gasteiger partial charge in [0.1, 0.15) is 0 Å². The number of likely N-dealkylation sites (N-methyl/N-ethyl adjacent to an activating group) is 1. The number of hydrogen-bond acceptors (Lipinski definition) is 3. The minimum absolute atomic E-state index is 0.181. The Morgan fingerprint density at radius 3 is 2.35 bits per heavy atom. The molecule has 2 atom stereocenters. The lowest BCUT2D eigenvalue weighted by atomic mass is 10.2. The first-order chi connectivity index (χ1) is 10.8. The Morgan fingerprint density at radius 1 is 1.26 bits per heavy atom. The second-order valence-corrected chi connectivity index (χ2v) is 6.10. The Labute approximate surface area is 143 Å². The van der Waals surface area contributed by atoms with Crippen LogP contribution in [-0.2, 0) is 14.4 Å². The number of carboxylic acids is 1. The maximum Gasteiger partial charge on any atom is 0.307 e. The van der Waals surface area contributed by atoms with Crippen LogP contribution in [0.25, 0.3) is 0 Å². The van der Waals surface area contributed by atoms with Gasteiger partial charge in [-0.2, -0.15) is 0 Å². The third-order valence-electron chi connectivity index (χ3n) is 3.68. The molecule has 0 radical (unpaired) electrons. The normalized spacial score (nSPS) is 19.1. The van der Waals surface area contributed by atoms with E-state index in [2.05, 4.69) is 5.32 Å². The van der Waals surface area contributed by atoms with Crippen molar-refractivity contribution in [3.8, 4) is 0 Å². The summed E-state index contributed by atoms with van der Waals surface area (Å²) in [6.07, 6.45) is 0.322. The first kappa shape index (κ1) is 17.6. The maximum absolute atomic E-state index is 12.2. The van der Waals surface area contributed by atoms with Gasteiger partial charge in [0.15, 0.2) is 0 Å². The molecule has 6 nitrogen and oxygen atoms in total. The van der Waals surface area contributed by atoms with Crippen LogP contribution in [0, 0.1) is 11.8 Å². The molecule has 1 fully saturated rings. The number of benzene rings is 1. The van der Waals surface area contributed by atoms with Crippen LogP contribution in [-0.4, -0.2) is 40.9 Å². The highest BCUT2D eigenvalue weighted by molar-refractivity contribution is 6.39. The summed E-state index contributed by atoms with van der Waals surface area (Å²) in [6.45, 7) is 1.86. The van der Waals surface area contributed by atoms with Crippen LogP contribution < -0.4 is 5.32 Å². The van der Waals surface area contributed by atoms with Gasteiger partial charge in [-0.3, -0.25) is 14.4 Å². The first-order valence-corrected chi connectivity index (χ1v) is 7.86. The van der Waals surface area contributed by atoms with Crippen molar-refractivity contribution in [3.63, 3.8) is 0 Å². The molecule has 1 aromatic carbocycles. The molecular weight excluding hydrogens is 343 g/mol. The Hall–Kier alpha value is -1.79. The van der Waals surface area contributed by atoms with Crippen molar-refractivity contribution in [2.45, 2.75) is 13.3 Å². The van der Waals surface area contributed by atoms with Crippen molar-refractivity contribution >= 4 is 46.7 Å². The highest BCUT2D eigenvalue weighted by Gasteiger charge is 2.49. The Kier molecular flexibility index (Phi) is 5.49. The number of nitrogens with zero attached hydrogens (tertiary/aromatic N) is 1. The first-order valence-electron chi connectivity index (χ1n) is 7.10. The van der Waals surface area contributed by atoms with Crippen molar-refractivity contribution in [1.29, 1.82) is 0 Å². The summed E-state index contributed by atoms with van der Waals surface area (Å²) in [7, 11) is 0. The molecular formula is C15H16Cl2N2O4. The predicted molar refractivity (Wildman–Crippen MR) is 86.6 cm³/mol. The molecule has 124 valence electrons. The molecule has 2 unspecified atom stereocenters. The highest BCUT2D eigenvalue weighted by Crippen LogP contribution is 2.40. The van der Waals surface area contributed by atoms with E-state index >= 15 is 0 Å². The molecule has 1 saturated carbocycles. The van der Waals surface area contributed by atoms with Crippen molar-refractivity contribution in [2.24, 2.45) is 11.8 Å². The third kappa shape index (κ3) is 4.14. The van der Waals surface area contributed by atoms with E-state index in [0.29, 0.717) is 28.7 Å². The SMILES string of the molecule is CCN(CC(=O)Nc1c(Cl)cccc1Cl)C(=O)C1CC1C(=O)O. The zero-order valence-electron chi connectivity index (χ0n) is 12.4. The average Bonchev–Trinajstić information content (AvgIpc) is 3.28. The van der Waals surface area contributed by atoms with E-state index in [1.54, 1.807) is 25.1 Å². The summed E-state index contributed by atoms with van der Waals surface area (Å²) in [4.78, 5) is 36.5. The van der Waals surface area contributed by atoms with Crippen LogP contribution in [0.3, 0.4) is 0 Å². The van der Waals surface area contributed by atoms with E-state index in [-0.39, 0.29) is 12.5 Å². The molecule has 1 aliphatic carbocycles. The van der Waals surface area contributed by atoms with E-state index in [4.69, 9.17) is 28.3 Å². The van der Waals surface area contributed by atoms with Gasteiger partial charge in [0.2, 0.25) is 11.8 Å². The van der Waals surface area contributed by atoms with Crippen molar-refractivity contribution in [1.82, 2.24) is 4.90 Å². The lowest BCUT2D eigenvalue weighted by Crippen LogP contribution is -2.39. The number of carbonyl (C=O) groups is 3. The molecule has 0 aromatic heterocycles. The number of aliphatic carboxylic acids is 1. The second kappa shape index (κ2) is 7.19. The summed E-state index contributed by atoms with van der Waals surface area (Å²) in [5.74, 6) is -2.92. The topological polar surface area (TPSA) is 86.7 Å². The van der Waals surface area contributed by atoms with Crippen molar-refractivity contribution < 1.29 is 19.5 Å². The van der Waals surface area contributed by atoms with Gasteiger partial charge in [0, 0.05) is 6.54 Å². The molecule has 1 aromatic rings. The fourth-order valence-corrected chi connectivity index (χ4v) is 2.78. The van der Waals surface area contributed by atoms with Crippen LogP contribution in [0.1, 0.15) is 13.3 Å². The van der Waals surface area contributed by atoms with Gasteiger partial charge in [-0.25, -0.2) is 0 Å². The fourth-order valence-electron chi connectivity index (χ4n) is 2.29. The molecule has 0 bridgehead atoms. The monoisotopic (exact) mass is 358 g/mol. The number of amides is 2. The van der Waals surface area contributed by atoms with Gasteiger partial charge in [-0.1, -0.05) is 29.3 Å². The van der Waals surface area contributed by atoms with Gasteiger partial charge in [0.25, 0.3) is 0 Å². The van der Waals surface area contributed by atoms with Gasteiger partial charge in [0.05, 0.1) is 34.1 Å². The number of anilines is 1. The molecule has 1 aliphatic rings. The van der Waals surface area contributed by atoms with Gasteiger partial charge >= 0.3 is 5.97 Å². The molecule has 0 saturated heterocycles. The van der Waals surface area contributed by atoms with Gasteiger partial charge in [-0.15, -0.1) is 0 Å².